The van der Waals surface area contributed by atoms with Crippen LogP contribution in [0.3, 0.4) is 0 Å². The van der Waals surface area contributed by atoms with Crippen molar-refractivity contribution in [2.45, 2.75) is 43.6 Å². The van der Waals surface area contributed by atoms with Crippen LogP contribution in [0.4, 0.5) is 5.82 Å². The lowest BCUT2D eigenvalue weighted by Crippen LogP contribution is -2.31. The highest BCUT2D eigenvalue weighted by molar-refractivity contribution is 7.84. The number of rotatable bonds is 8. The lowest BCUT2D eigenvalue weighted by Gasteiger charge is -2.26. The van der Waals surface area contributed by atoms with Crippen LogP contribution in [-0.4, -0.2) is 61.1 Å². The number of nitrogens with one attached hydrogen (secondary N) is 3. The average molecular weight is 564 g/mol. The van der Waals surface area contributed by atoms with E-state index in [-0.39, 0.29) is 36.3 Å². The summed E-state index contributed by atoms with van der Waals surface area (Å²) < 4.78 is 31.1. The molecule has 10 nitrogen and oxygen atoms in total. The number of benzene rings is 1. The quantitative estimate of drug-likeness (QED) is 0.304. The van der Waals surface area contributed by atoms with Crippen molar-refractivity contribution in [2.75, 3.05) is 18.9 Å². The highest BCUT2D eigenvalue weighted by atomic mass is 35.5. The van der Waals surface area contributed by atoms with E-state index in [4.69, 9.17) is 15.8 Å². The third-order valence-corrected chi connectivity index (χ3v) is 9.02. The lowest BCUT2D eigenvalue weighted by molar-refractivity contribution is 0.0636. The summed E-state index contributed by atoms with van der Waals surface area (Å²) in [5.74, 6) is 0.0102. The predicted molar refractivity (Wildman–Crippen MR) is 140 cm³/mol. The van der Waals surface area contributed by atoms with Crippen LogP contribution in [0.5, 0.6) is 0 Å². The number of aliphatic hydroxyl groups excluding tert-OH is 1. The Morgan fingerprint density at radius 1 is 1.27 bits per heavy atom. The van der Waals surface area contributed by atoms with Gasteiger partial charge in [-0.2, -0.15) is 13.1 Å². The van der Waals surface area contributed by atoms with E-state index >= 15 is 0 Å². The van der Waals surface area contributed by atoms with Gasteiger partial charge in [0.2, 0.25) is 5.78 Å². The second-order valence-corrected chi connectivity index (χ2v) is 12.1. The molecule has 1 aromatic carbocycles. The van der Waals surface area contributed by atoms with Crippen molar-refractivity contribution in [2.24, 2.45) is 0 Å². The molecule has 3 aromatic rings. The molecular formula is C24H26ClN5O5S2. The van der Waals surface area contributed by atoms with E-state index < -0.39 is 22.5 Å². The zero-order chi connectivity index (χ0) is 26.2. The molecule has 5 rings (SSSR count). The monoisotopic (exact) mass is 563 g/mol. The number of fused-ring (bicyclic) bond motifs is 1. The van der Waals surface area contributed by atoms with Crippen LogP contribution in [0.1, 0.15) is 50.8 Å². The molecule has 2 aliphatic rings. The van der Waals surface area contributed by atoms with Gasteiger partial charge in [0.15, 0.2) is 0 Å². The molecule has 37 heavy (non-hydrogen) atoms. The van der Waals surface area contributed by atoms with Crippen LogP contribution in [0.25, 0.3) is 0 Å². The number of halogens is 1. The van der Waals surface area contributed by atoms with E-state index in [2.05, 4.69) is 37.5 Å². The molecule has 1 aliphatic carbocycles. The number of anilines is 1. The average Bonchev–Trinajstić information content (AvgIpc) is 3.44. The summed E-state index contributed by atoms with van der Waals surface area (Å²) in [6.45, 7) is 0.811. The Bertz CT molecular complexity index is 1420. The fourth-order valence-corrected chi connectivity index (χ4v) is 6.74. The van der Waals surface area contributed by atoms with Crippen LogP contribution in [0, 0.1) is 0 Å². The first kappa shape index (κ1) is 26.2. The smallest absolute Gasteiger partial charge is 0.335 e. The van der Waals surface area contributed by atoms with Crippen LogP contribution >= 0.6 is 22.9 Å². The molecule has 196 valence electrons. The fraction of sp³-hybridized carbons (Fsp3) is 0.375. The Kier molecular flexibility index (Phi) is 7.59. The van der Waals surface area contributed by atoms with Crippen LogP contribution < -0.4 is 15.4 Å². The molecule has 0 spiro atoms. The van der Waals surface area contributed by atoms with Crippen molar-refractivity contribution >= 4 is 44.8 Å². The number of hydrogen-bond acceptors (Lipinski definition) is 10. The van der Waals surface area contributed by atoms with Gasteiger partial charge in [-0.1, -0.05) is 35.9 Å². The number of aromatic nitrogens is 2. The molecule has 0 radical (unpaired) electrons. The summed E-state index contributed by atoms with van der Waals surface area (Å²) >= 11 is 7.84. The Labute approximate surface area is 223 Å². The minimum Gasteiger partial charge on any atom is -0.390 e. The molecular weight excluding hydrogens is 538 g/mol. The summed E-state index contributed by atoms with van der Waals surface area (Å²) in [6, 6.07) is 9.55. The van der Waals surface area contributed by atoms with Gasteiger partial charge in [-0.25, -0.2) is 9.97 Å². The standard InChI is InChI=1S/C24H26ClN5O5S2/c1-26-37(33,34)35-19-9-14(8-18(19)31)30-24-17(11-27-12-29-24)22(32)20-10-16(23(25)36-20)21-15-5-3-2-4-13(15)6-7-28-21/h2-5,10-12,14,18-19,21,26,28,31H,6-9H2,1H3,(H,27,29,30)/t14-,18+,19-,21-/m1/s1. The minimum atomic E-state index is -3.95. The molecule has 0 bridgehead atoms. The first-order chi connectivity index (χ1) is 17.8. The van der Waals surface area contributed by atoms with Crippen LogP contribution in [0.15, 0.2) is 42.9 Å². The van der Waals surface area contributed by atoms with E-state index in [0.29, 0.717) is 15.0 Å². The van der Waals surface area contributed by atoms with Crippen molar-refractivity contribution in [1.82, 2.24) is 20.0 Å². The van der Waals surface area contributed by atoms with Crippen molar-refractivity contribution in [3.63, 3.8) is 0 Å². The Hall–Kier alpha value is -2.45. The molecule has 4 atom stereocenters. The number of aliphatic hydroxyl groups is 1. The first-order valence-corrected chi connectivity index (χ1v) is 14.4. The molecule has 1 fully saturated rings. The molecule has 1 aliphatic heterocycles. The topological polar surface area (TPSA) is 143 Å². The number of thiophene rings is 1. The van der Waals surface area contributed by atoms with E-state index in [1.807, 2.05) is 18.2 Å². The Morgan fingerprint density at radius 2 is 2.08 bits per heavy atom. The van der Waals surface area contributed by atoms with Crippen LogP contribution in [0.2, 0.25) is 4.34 Å². The maximum absolute atomic E-state index is 13.5. The van der Waals surface area contributed by atoms with Gasteiger partial charge in [0, 0.05) is 31.4 Å². The molecule has 3 heterocycles. The summed E-state index contributed by atoms with van der Waals surface area (Å²) in [5.41, 5.74) is 3.51. The van der Waals surface area contributed by atoms with Gasteiger partial charge in [0.1, 0.15) is 18.2 Å². The van der Waals surface area contributed by atoms with Gasteiger partial charge in [0.25, 0.3) is 0 Å². The Morgan fingerprint density at radius 3 is 2.89 bits per heavy atom. The van der Waals surface area contributed by atoms with Gasteiger partial charge in [-0.05, 0) is 36.5 Å². The van der Waals surface area contributed by atoms with E-state index in [0.717, 1.165) is 24.1 Å². The Balaban J connectivity index is 1.36. The molecule has 0 saturated heterocycles. The number of carbonyl (C=O) groups is 1. The van der Waals surface area contributed by atoms with E-state index in [1.165, 1.54) is 36.5 Å². The number of hydrogen-bond donors (Lipinski definition) is 4. The van der Waals surface area contributed by atoms with Crippen molar-refractivity contribution in [3.8, 4) is 0 Å². The summed E-state index contributed by atoms with van der Waals surface area (Å²) in [6.07, 6.45) is 2.21. The van der Waals surface area contributed by atoms with Gasteiger partial charge >= 0.3 is 10.3 Å². The SMILES string of the molecule is CNS(=O)(=O)O[C@@H]1C[C@H](Nc2ncncc2C(=O)c2cc([C@@H]3NCCc4ccccc43)c(Cl)s2)C[C@@H]1O. The molecule has 13 heteroatoms. The molecule has 0 unspecified atom stereocenters. The largest absolute Gasteiger partial charge is 0.390 e. The number of carbonyl (C=O) groups excluding carboxylic acids is 1. The zero-order valence-corrected chi connectivity index (χ0v) is 22.2. The summed E-state index contributed by atoms with van der Waals surface area (Å²) in [7, 11) is -2.72. The maximum Gasteiger partial charge on any atom is 0.335 e. The van der Waals surface area contributed by atoms with Gasteiger partial charge in [-0.3, -0.25) is 8.98 Å². The normalized spacial score (nSPS) is 23.5. The fourth-order valence-electron chi connectivity index (χ4n) is 4.82. The van der Waals surface area contributed by atoms with Gasteiger partial charge in [-0.15, -0.1) is 11.3 Å². The zero-order valence-electron chi connectivity index (χ0n) is 19.8. The van der Waals surface area contributed by atoms with Crippen LogP contribution in [-0.2, 0) is 20.9 Å². The number of ketones is 1. The third kappa shape index (κ3) is 5.55. The minimum absolute atomic E-state index is 0.106. The molecule has 2 aromatic heterocycles. The van der Waals surface area contributed by atoms with E-state index in [1.54, 1.807) is 0 Å². The molecule has 1 saturated carbocycles. The lowest BCUT2D eigenvalue weighted by atomic mass is 9.91. The highest BCUT2D eigenvalue weighted by Crippen LogP contribution is 2.39. The first-order valence-electron chi connectivity index (χ1n) is 11.8. The number of nitrogens with zero attached hydrogens (tertiary/aromatic N) is 2. The highest BCUT2D eigenvalue weighted by Gasteiger charge is 2.37. The molecule has 0 amide bonds. The van der Waals surface area contributed by atoms with E-state index in [9.17, 15) is 18.3 Å². The summed E-state index contributed by atoms with van der Waals surface area (Å²) in [5, 5.41) is 17.0. The third-order valence-electron chi connectivity index (χ3n) is 6.63. The van der Waals surface area contributed by atoms with Crippen molar-refractivity contribution in [1.29, 1.82) is 0 Å². The van der Waals surface area contributed by atoms with Gasteiger partial charge in [0.05, 0.1) is 26.9 Å². The second kappa shape index (κ2) is 10.7. The maximum atomic E-state index is 13.5. The second-order valence-electron chi connectivity index (χ2n) is 8.96. The predicted octanol–water partition coefficient (Wildman–Crippen LogP) is 2.44. The summed E-state index contributed by atoms with van der Waals surface area (Å²) in [4.78, 5) is 22.3. The molecule has 4 N–H and O–H groups in total. The van der Waals surface area contributed by atoms with Crippen molar-refractivity contribution in [3.05, 3.63) is 74.3 Å². The van der Waals surface area contributed by atoms with Crippen molar-refractivity contribution < 1.29 is 22.5 Å². The van der Waals surface area contributed by atoms with Gasteiger partial charge < -0.3 is 15.7 Å².